The standard InChI is InChI=1S/C29H28ClNO3/c30-25-12-6-4-10-23(25)19-31-26-13-7-5-11-24(26)29(34,28(31)33)18-27(32)22-16-14-21(15-17-22)20-8-2-1-3-9-20/h4-7,10-17,20,34H,1-3,8-9,18-19H2/t29-/m0/s1. The van der Waals surface area contributed by atoms with Gasteiger partial charge in [-0.1, -0.05) is 91.5 Å². The molecule has 0 saturated heterocycles. The summed E-state index contributed by atoms with van der Waals surface area (Å²) in [6.45, 7) is 0.224. The van der Waals surface area contributed by atoms with Gasteiger partial charge < -0.3 is 10.0 Å². The Hall–Kier alpha value is -2.95. The van der Waals surface area contributed by atoms with Gasteiger partial charge in [-0.3, -0.25) is 9.59 Å². The Balaban J connectivity index is 1.39. The van der Waals surface area contributed by atoms with Crippen LogP contribution >= 0.6 is 11.6 Å². The third-order valence-electron chi connectivity index (χ3n) is 7.25. The van der Waals surface area contributed by atoms with Gasteiger partial charge in [0.25, 0.3) is 5.91 Å². The van der Waals surface area contributed by atoms with E-state index in [1.807, 2.05) is 48.5 Å². The van der Waals surface area contributed by atoms with Crippen molar-refractivity contribution < 1.29 is 14.7 Å². The first kappa shape index (κ1) is 22.8. The van der Waals surface area contributed by atoms with E-state index < -0.39 is 11.5 Å². The highest BCUT2D eigenvalue weighted by molar-refractivity contribution is 6.31. The highest BCUT2D eigenvalue weighted by atomic mass is 35.5. The van der Waals surface area contributed by atoms with Gasteiger partial charge in [-0.25, -0.2) is 0 Å². The summed E-state index contributed by atoms with van der Waals surface area (Å²) in [4.78, 5) is 28.2. The Morgan fingerprint density at radius 1 is 0.941 bits per heavy atom. The predicted molar refractivity (Wildman–Crippen MR) is 134 cm³/mol. The van der Waals surface area contributed by atoms with Crippen LogP contribution in [0.5, 0.6) is 0 Å². The molecule has 1 atom stereocenters. The second-order valence-electron chi connectivity index (χ2n) is 9.42. The first-order valence-electron chi connectivity index (χ1n) is 12.0. The highest BCUT2D eigenvalue weighted by Crippen LogP contribution is 2.44. The minimum Gasteiger partial charge on any atom is -0.375 e. The number of ketones is 1. The van der Waals surface area contributed by atoms with Gasteiger partial charge in [0.1, 0.15) is 0 Å². The molecular formula is C29H28ClNO3. The fraction of sp³-hybridized carbons (Fsp3) is 0.310. The van der Waals surface area contributed by atoms with Crippen molar-refractivity contribution in [3.05, 3.63) is 100 Å². The number of hydrogen-bond donors (Lipinski definition) is 1. The predicted octanol–water partition coefficient (Wildman–Crippen LogP) is 6.40. The zero-order valence-corrected chi connectivity index (χ0v) is 19.8. The average Bonchev–Trinajstić information content (AvgIpc) is 3.08. The van der Waals surface area contributed by atoms with E-state index in [4.69, 9.17) is 11.6 Å². The molecule has 0 radical (unpaired) electrons. The van der Waals surface area contributed by atoms with Crippen molar-refractivity contribution in [2.45, 2.75) is 56.6 Å². The van der Waals surface area contributed by atoms with Crippen LogP contribution in [-0.4, -0.2) is 16.8 Å². The number of carbonyl (C=O) groups excluding carboxylic acids is 2. The van der Waals surface area contributed by atoms with Gasteiger partial charge in [0.2, 0.25) is 0 Å². The number of fused-ring (bicyclic) bond motifs is 1. The molecule has 0 unspecified atom stereocenters. The number of benzene rings is 3. The van der Waals surface area contributed by atoms with Crippen LogP contribution in [0.1, 0.15) is 71.5 Å². The molecule has 4 nitrogen and oxygen atoms in total. The van der Waals surface area contributed by atoms with E-state index in [0.717, 1.165) is 5.56 Å². The first-order valence-corrected chi connectivity index (χ1v) is 12.4. The molecule has 0 spiro atoms. The van der Waals surface area contributed by atoms with Gasteiger partial charge in [-0.05, 0) is 42.0 Å². The maximum Gasteiger partial charge on any atom is 0.264 e. The largest absolute Gasteiger partial charge is 0.375 e. The van der Waals surface area contributed by atoms with E-state index in [1.165, 1.54) is 42.6 Å². The SMILES string of the molecule is O=C(C[C@@]1(O)C(=O)N(Cc2ccccc2Cl)c2ccccc21)c1ccc(C2CCCCC2)cc1. The van der Waals surface area contributed by atoms with E-state index in [9.17, 15) is 14.7 Å². The molecule has 1 saturated carbocycles. The van der Waals surface area contributed by atoms with E-state index in [1.54, 1.807) is 24.3 Å². The molecular weight excluding hydrogens is 446 g/mol. The number of amides is 1. The van der Waals surface area contributed by atoms with Crippen LogP contribution in [-0.2, 0) is 16.9 Å². The molecule has 5 heteroatoms. The monoisotopic (exact) mass is 473 g/mol. The molecule has 1 heterocycles. The maximum absolute atomic E-state index is 13.5. The van der Waals surface area contributed by atoms with E-state index in [-0.39, 0.29) is 18.7 Å². The second kappa shape index (κ2) is 9.36. The second-order valence-corrected chi connectivity index (χ2v) is 9.82. The molecule has 2 aliphatic rings. The normalized spacial score (nSPS) is 20.4. The lowest BCUT2D eigenvalue weighted by Gasteiger charge is -2.24. The molecule has 3 aromatic carbocycles. The van der Waals surface area contributed by atoms with Gasteiger partial charge in [0.15, 0.2) is 11.4 Å². The third-order valence-corrected chi connectivity index (χ3v) is 7.62. The molecule has 174 valence electrons. The zero-order chi connectivity index (χ0) is 23.7. The van der Waals surface area contributed by atoms with E-state index >= 15 is 0 Å². The number of halogens is 1. The van der Waals surface area contributed by atoms with Crippen molar-refractivity contribution in [2.75, 3.05) is 4.90 Å². The number of nitrogens with zero attached hydrogens (tertiary/aromatic N) is 1. The van der Waals surface area contributed by atoms with E-state index in [2.05, 4.69) is 0 Å². The van der Waals surface area contributed by atoms with Gasteiger partial charge >= 0.3 is 0 Å². The fourth-order valence-electron chi connectivity index (χ4n) is 5.34. The van der Waals surface area contributed by atoms with Crippen molar-refractivity contribution >= 4 is 29.0 Å². The lowest BCUT2D eigenvalue weighted by Crippen LogP contribution is -2.41. The number of para-hydroxylation sites is 1. The Kier molecular flexibility index (Phi) is 6.28. The van der Waals surface area contributed by atoms with Crippen molar-refractivity contribution in [3.63, 3.8) is 0 Å². The molecule has 34 heavy (non-hydrogen) atoms. The molecule has 1 aliphatic carbocycles. The summed E-state index contributed by atoms with van der Waals surface area (Å²) in [6, 6.07) is 22.2. The zero-order valence-electron chi connectivity index (χ0n) is 19.0. The van der Waals surface area contributed by atoms with Crippen molar-refractivity contribution in [1.82, 2.24) is 0 Å². The molecule has 1 aliphatic heterocycles. The van der Waals surface area contributed by atoms with Crippen molar-refractivity contribution in [3.8, 4) is 0 Å². The van der Waals surface area contributed by atoms with Crippen LogP contribution in [0.3, 0.4) is 0 Å². The number of Topliss-reactive ketones (excluding diaryl/α,β-unsaturated/α-hetero) is 1. The maximum atomic E-state index is 13.5. The minimum atomic E-state index is -1.91. The summed E-state index contributed by atoms with van der Waals surface area (Å²) >= 11 is 6.33. The number of aliphatic hydroxyl groups is 1. The first-order chi connectivity index (χ1) is 16.5. The van der Waals surface area contributed by atoms with Crippen LogP contribution in [0.2, 0.25) is 5.02 Å². The summed E-state index contributed by atoms with van der Waals surface area (Å²) in [6.07, 6.45) is 5.90. The van der Waals surface area contributed by atoms with Gasteiger partial charge in [0.05, 0.1) is 18.7 Å². The Morgan fingerprint density at radius 2 is 1.62 bits per heavy atom. The smallest absolute Gasteiger partial charge is 0.264 e. The summed E-state index contributed by atoms with van der Waals surface area (Å²) in [5.41, 5.74) is 1.72. The topological polar surface area (TPSA) is 57.6 Å². The van der Waals surface area contributed by atoms with Gasteiger partial charge in [-0.15, -0.1) is 0 Å². The molecule has 1 amide bonds. The third kappa shape index (κ3) is 4.17. The minimum absolute atomic E-state index is 0.224. The molecule has 0 aromatic heterocycles. The Bertz CT molecular complexity index is 1220. The van der Waals surface area contributed by atoms with Gasteiger partial charge in [-0.2, -0.15) is 0 Å². The van der Waals surface area contributed by atoms with E-state index in [0.29, 0.717) is 27.8 Å². The average molecular weight is 474 g/mol. The molecule has 3 aromatic rings. The van der Waals surface area contributed by atoms with Crippen molar-refractivity contribution in [1.29, 1.82) is 0 Å². The summed E-state index contributed by atoms with van der Waals surface area (Å²) < 4.78 is 0. The number of rotatable bonds is 6. The number of carbonyl (C=O) groups is 2. The molecule has 0 bridgehead atoms. The molecule has 1 N–H and O–H groups in total. The Morgan fingerprint density at radius 3 is 2.35 bits per heavy atom. The lowest BCUT2D eigenvalue weighted by molar-refractivity contribution is -0.136. The number of anilines is 1. The van der Waals surface area contributed by atoms with Crippen LogP contribution in [0.4, 0.5) is 5.69 Å². The van der Waals surface area contributed by atoms with Crippen LogP contribution < -0.4 is 4.90 Å². The quantitative estimate of drug-likeness (QED) is 0.422. The van der Waals surface area contributed by atoms with Crippen LogP contribution in [0, 0.1) is 0 Å². The summed E-state index contributed by atoms with van der Waals surface area (Å²) in [5.74, 6) is -0.190. The summed E-state index contributed by atoms with van der Waals surface area (Å²) in [5, 5.41) is 12.1. The molecule has 5 rings (SSSR count). The molecule has 1 fully saturated rings. The van der Waals surface area contributed by atoms with Gasteiger partial charge in [0, 0.05) is 16.1 Å². The van der Waals surface area contributed by atoms with Crippen LogP contribution in [0.25, 0.3) is 0 Å². The lowest BCUT2D eigenvalue weighted by atomic mass is 9.83. The van der Waals surface area contributed by atoms with Crippen LogP contribution in [0.15, 0.2) is 72.8 Å². The Labute approximate surface area is 205 Å². The highest BCUT2D eigenvalue weighted by Gasteiger charge is 2.50. The van der Waals surface area contributed by atoms with Crippen molar-refractivity contribution in [2.24, 2.45) is 0 Å². The fourth-order valence-corrected chi connectivity index (χ4v) is 5.54. The summed E-state index contributed by atoms with van der Waals surface area (Å²) in [7, 11) is 0. The number of hydrogen-bond acceptors (Lipinski definition) is 3.